The summed E-state index contributed by atoms with van der Waals surface area (Å²) in [6, 6.07) is 2.96. The van der Waals surface area contributed by atoms with Crippen LogP contribution in [0, 0.1) is 11.5 Å². The first-order chi connectivity index (χ1) is 14.9. The summed E-state index contributed by atoms with van der Waals surface area (Å²) in [6.45, 7) is 6.40. The molecule has 0 saturated heterocycles. The van der Waals surface area contributed by atoms with Crippen molar-refractivity contribution in [2.24, 2.45) is 9.98 Å². The molecule has 1 saturated carbocycles. The van der Waals surface area contributed by atoms with E-state index in [1.54, 1.807) is 10.8 Å². The molecule has 1 aromatic heterocycles. The standard InChI is InChI=1S/C22H25F3N4O2S/c1-20(2,3)17-11-29(12-21(30)8-5-9-21)19(32-17)28-18(27-13-26)15-10-14(22(23,24)25)6-7-16(15)31-4/h6-7,10-11,30H,5,8-9,12H2,1-4H3/b27-18?,28-19-. The Kier molecular flexibility index (Phi) is 6.54. The van der Waals surface area contributed by atoms with Gasteiger partial charge in [-0.15, -0.1) is 11.3 Å². The average Bonchev–Trinajstić information content (AvgIpc) is 3.08. The number of nitrogens with zero attached hydrogens (tertiary/aromatic N) is 4. The molecule has 0 bridgehead atoms. The zero-order chi connectivity index (χ0) is 23.7. The number of aliphatic imine (C=N–C) groups is 1. The van der Waals surface area contributed by atoms with Crippen molar-refractivity contribution in [2.45, 2.75) is 63.8 Å². The lowest BCUT2D eigenvalue weighted by Gasteiger charge is -2.36. The second kappa shape index (κ2) is 8.71. The van der Waals surface area contributed by atoms with Gasteiger partial charge in [-0.2, -0.15) is 28.4 Å². The minimum atomic E-state index is -4.57. The molecule has 1 aliphatic rings. The van der Waals surface area contributed by atoms with E-state index < -0.39 is 17.3 Å². The third-order valence-corrected chi connectivity index (χ3v) is 6.78. The summed E-state index contributed by atoms with van der Waals surface area (Å²) in [6.07, 6.45) is 1.22. The summed E-state index contributed by atoms with van der Waals surface area (Å²) in [5, 5.41) is 19.9. The normalized spacial score (nSPS) is 17.1. The van der Waals surface area contributed by atoms with Crippen LogP contribution in [0.3, 0.4) is 0 Å². The van der Waals surface area contributed by atoms with Gasteiger partial charge in [0.25, 0.3) is 0 Å². The Bertz CT molecular complexity index is 1130. The van der Waals surface area contributed by atoms with Gasteiger partial charge in [-0.1, -0.05) is 20.8 Å². The molecule has 0 atom stereocenters. The molecule has 1 N–H and O–H groups in total. The Labute approximate surface area is 188 Å². The van der Waals surface area contributed by atoms with Crippen molar-refractivity contribution in [1.82, 2.24) is 4.57 Å². The lowest BCUT2D eigenvalue weighted by molar-refractivity contribution is -0.137. The highest BCUT2D eigenvalue weighted by atomic mass is 32.1. The van der Waals surface area contributed by atoms with Gasteiger partial charge < -0.3 is 14.4 Å². The molecule has 0 radical (unpaired) electrons. The molecule has 1 aromatic carbocycles. The summed E-state index contributed by atoms with van der Waals surface area (Å²) < 4.78 is 46.9. The molecule has 1 heterocycles. The molecule has 6 nitrogen and oxygen atoms in total. The van der Waals surface area contributed by atoms with E-state index in [2.05, 4.69) is 9.98 Å². The number of nitriles is 1. The molecule has 0 unspecified atom stereocenters. The number of rotatable bonds is 4. The van der Waals surface area contributed by atoms with Gasteiger partial charge in [0.2, 0.25) is 6.19 Å². The number of halogens is 3. The largest absolute Gasteiger partial charge is 0.496 e. The van der Waals surface area contributed by atoms with Gasteiger partial charge in [0.15, 0.2) is 10.6 Å². The minimum Gasteiger partial charge on any atom is -0.496 e. The van der Waals surface area contributed by atoms with Crippen LogP contribution in [0.4, 0.5) is 13.2 Å². The third-order valence-electron chi connectivity index (χ3n) is 5.33. The van der Waals surface area contributed by atoms with Crippen molar-refractivity contribution in [3.63, 3.8) is 0 Å². The molecule has 1 fully saturated rings. The Morgan fingerprint density at radius 3 is 2.50 bits per heavy atom. The molecule has 172 valence electrons. The predicted octanol–water partition coefficient (Wildman–Crippen LogP) is 4.62. The molecule has 32 heavy (non-hydrogen) atoms. The first-order valence-corrected chi connectivity index (χ1v) is 10.9. The Morgan fingerprint density at radius 2 is 2.00 bits per heavy atom. The first-order valence-electron chi connectivity index (χ1n) is 10.1. The molecular weight excluding hydrogens is 441 g/mol. The zero-order valence-electron chi connectivity index (χ0n) is 18.3. The Morgan fingerprint density at radius 1 is 1.31 bits per heavy atom. The zero-order valence-corrected chi connectivity index (χ0v) is 19.1. The van der Waals surface area contributed by atoms with E-state index in [1.807, 2.05) is 27.0 Å². The fraction of sp³-hybridized carbons (Fsp3) is 0.500. The number of aliphatic hydroxyl groups is 1. The highest BCUT2D eigenvalue weighted by molar-refractivity contribution is 7.09. The molecule has 0 amide bonds. The van der Waals surface area contributed by atoms with Crippen LogP contribution < -0.4 is 9.54 Å². The second-order valence-electron chi connectivity index (χ2n) is 8.89. The number of amidine groups is 1. The monoisotopic (exact) mass is 466 g/mol. The fourth-order valence-corrected chi connectivity index (χ4v) is 4.38. The number of ether oxygens (including phenoxy) is 1. The fourth-order valence-electron chi connectivity index (χ4n) is 3.33. The van der Waals surface area contributed by atoms with Gasteiger partial charge in [0.1, 0.15) is 5.75 Å². The maximum absolute atomic E-state index is 13.3. The van der Waals surface area contributed by atoms with Crippen molar-refractivity contribution in [3.8, 4) is 11.9 Å². The summed E-state index contributed by atoms with van der Waals surface area (Å²) in [5.41, 5.74) is -1.98. The van der Waals surface area contributed by atoms with E-state index in [-0.39, 0.29) is 22.6 Å². The van der Waals surface area contributed by atoms with Crippen LogP contribution >= 0.6 is 11.3 Å². The van der Waals surface area contributed by atoms with Crippen LogP contribution in [0.2, 0.25) is 0 Å². The number of alkyl halides is 3. The lowest BCUT2D eigenvalue weighted by Crippen LogP contribution is -2.42. The highest BCUT2D eigenvalue weighted by Gasteiger charge is 2.35. The van der Waals surface area contributed by atoms with Gasteiger partial charge in [-0.25, -0.2) is 0 Å². The summed E-state index contributed by atoms with van der Waals surface area (Å²) in [4.78, 5) is 9.59. The Balaban J connectivity index is 2.19. The predicted molar refractivity (Wildman–Crippen MR) is 116 cm³/mol. The molecule has 3 rings (SSSR count). The molecule has 0 aliphatic heterocycles. The summed E-state index contributed by atoms with van der Waals surface area (Å²) in [7, 11) is 1.32. The number of thiazole rings is 1. The van der Waals surface area contributed by atoms with Crippen molar-refractivity contribution in [3.05, 3.63) is 45.2 Å². The second-order valence-corrected chi connectivity index (χ2v) is 9.90. The van der Waals surface area contributed by atoms with E-state index in [9.17, 15) is 23.5 Å². The molecule has 10 heteroatoms. The first kappa shape index (κ1) is 24.0. The average molecular weight is 467 g/mol. The summed E-state index contributed by atoms with van der Waals surface area (Å²) >= 11 is 1.35. The number of aromatic nitrogens is 1. The van der Waals surface area contributed by atoms with Gasteiger partial charge in [-0.3, -0.25) is 0 Å². The maximum atomic E-state index is 13.3. The maximum Gasteiger partial charge on any atom is 0.416 e. The SMILES string of the molecule is COc1ccc(C(F)(F)F)cc1C(=NC#N)/N=c1\sc(C(C)(C)C)cn1CC1(O)CCC1. The van der Waals surface area contributed by atoms with Crippen molar-refractivity contribution in [2.75, 3.05) is 7.11 Å². The van der Waals surface area contributed by atoms with Crippen LogP contribution in [0.15, 0.2) is 34.4 Å². The molecule has 1 aliphatic carbocycles. The molecule has 0 spiro atoms. The van der Waals surface area contributed by atoms with Crippen molar-refractivity contribution >= 4 is 17.2 Å². The number of benzene rings is 1. The highest BCUT2D eigenvalue weighted by Crippen LogP contribution is 2.35. The molecular formula is C22H25F3N4O2S. The van der Waals surface area contributed by atoms with Crippen LogP contribution in [-0.2, 0) is 18.1 Å². The van der Waals surface area contributed by atoms with Gasteiger partial charge in [0.05, 0.1) is 30.4 Å². The van der Waals surface area contributed by atoms with Crippen LogP contribution in [-0.4, -0.2) is 28.2 Å². The number of hydrogen-bond donors (Lipinski definition) is 1. The van der Waals surface area contributed by atoms with Gasteiger partial charge in [-0.05, 0) is 42.9 Å². The smallest absolute Gasteiger partial charge is 0.416 e. The van der Waals surface area contributed by atoms with Crippen molar-refractivity contribution < 1.29 is 23.0 Å². The van der Waals surface area contributed by atoms with E-state index in [0.717, 1.165) is 23.4 Å². The van der Waals surface area contributed by atoms with E-state index in [0.29, 0.717) is 24.2 Å². The quantitative estimate of drug-likeness (QED) is 0.406. The van der Waals surface area contributed by atoms with Crippen LogP contribution in [0.5, 0.6) is 5.75 Å². The van der Waals surface area contributed by atoms with E-state index >= 15 is 0 Å². The van der Waals surface area contributed by atoms with Crippen LogP contribution in [0.25, 0.3) is 0 Å². The van der Waals surface area contributed by atoms with Gasteiger partial charge >= 0.3 is 6.18 Å². The minimum absolute atomic E-state index is 0.0384. The molecule has 2 aromatic rings. The van der Waals surface area contributed by atoms with E-state index in [1.165, 1.54) is 24.5 Å². The van der Waals surface area contributed by atoms with E-state index in [4.69, 9.17) is 4.74 Å². The Hall–Kier alpha value is -2.64. The number of hydrogen-bond acceptors (Lipinski definition) is 5. The summed E-state index contributed by atoms with van der Waals surface area (Å²) in [5.74, 6) is -0.0698. The topological polar surface area (TPSA) is 82.9 Å². The van der Waals surface area contributed by atoms with Gasteiger partial charge in [0, 0.05) is 11.1 Å². The third kappa shape index (κ3) is 5.22. The number of methoxy groups -OCH3 is 1. The lowest BCUT2D eigenvalue weighted by atomic mass is 9.80. The van der Waals surface area contributed by atoms with Crippen LogP contribution in [0.1, 0.15) is 56.0 Å². The van der Waals surface area contributed by atoms with Crippen molar-refractivity contribution in [1.29, 1.82) is 5.26 Å².